The lowest BCUT2D eigenvalue weighted by Crippen LogP contribution is -2.20. The fraction of sp³-hybridized carbons (Fsp3) is 0.0625. The van der Waals surface area contributed by atoms with E-state index in [-0.39, 0.29) is 18.4 Å². The summed E-state index contributed by atoms with van der Waals surface area (Å²) in [4.78, 5) is 29.4. The quantitative estimate of drug-likeness (QED) is 0.116. The Balaban J connectivity index is 1.11. The number of ether oxygens (including phenoxy) is 1. The molecule has 0 atom stereocenters. The molecule has 0 spiro atoms. The molecule has 0 aliphatic heterocycles. The predicted molar refractivity (Wildman–Crippen MR) is 169 cm³/mol. The van der Waals surface area contributed by atoms with Gasteiger partial charge in [-0.1, -0.05) is 53.6 Å². The predicted octanol–water partition coefficient (Wildman–Crippen LogP) is 7.30. The van der Waals surface area contributed by atoms with Crippen LogP contribution in [-0.4, -0.2) is 29.6 Å². The Morgan fingerprint density at radius 3 is 2.45 bits per heavy atom. The molecule has 10 heteroatoms. The van der Waals surface area contributed by atoms with Gasteiger partial charge in [0, 0.05) is 32.9 Å². The molecular formula is C32H26ClN5O3S. The number of halogens is 1. The van der Waals surface area contributed by atoms with Crippen LogP contribution in [0.5, 0.6) is 5.75 Å². The van der Waals surface area contributed by atoms with Crippen molar-refractivity contribution >= 4 is 57.5 Å². The van der Waals surface area contributed by atoms with E-state index < -0.39 is 0 Å². The molecule has 5 rings (SSSR count). The molecule has 8 nitrogen and oxygen atoms in total. The molecule has 5 aromatic rings. The zero-order valence-electron chi connectivity index (χ0n) is 22.5. The zero-order chi connectivity index (χ0) is 29.3. The number of aryl methyl sites for hydroxylation is 1. The molecule has 0 fully saturated rings. The molecule has 2 amide bonds. The average Bonchev–Trinajstić information content (AvgIpc) is 3.47. The molecule has 4 aromatic carbocycles. The van der Waals surface area contributed by atoms with Gasteiger partial charge in [0.25, 0.3) is 11.8 Å². The molecule has 0 aliphatic rings. The van der Waals surface area contributed by atoms with Crippen LogP contribution in [0, 0.1) is 6.92 Å². The van der Waals surface area contributed by atoms with Crippen molar-refractivity contribution in [2.24, 2.45) is 5.10 Å². The second-order valence-electron chi connectivity index (χ2n) is 9.22. The summed E-state index contributed by atoms with van der Waals surface area (Å²) in [5.41, 5.74) is 8.23. The second-order valence-corrected chi connectivity index (χ2v) is 10.5. The van der Waals surface area contributed by atoms with Gasteiger partial charge in [0.1, 0.15) is 5.75 Å². The number of nitrogens with zero attached hydrogens (tertiary/aromatic N) is 2. The fourth-order valence-corrected chi connectivity index (χ4v) is 4.68. The summed E-state index contributed by atoms with van der Waals surface area (Å²) < 4.78 is 5.59. The molecule has 1 heterocycles. The molecule has 210 valence electrons. The van der Waals surface area contributed by atoms with Crippen LogP contribution in [0.1, 0.15) is 21.5 Å². The lowest BCUT2D eigenvalue weighted by molar-refractivity contribution is -0.118. The van der Waals surface area contributed by atoms with E-state index in [1.807, 2.05) is 48.7 Å². The number of carbonyl (C=O) groups is 2. The first-order valence-corrected chi connectivity index (χ1v) is 14.2. The Kier molecular flexibility index (Phi) is 9.23. The molecule has 0 saturated heterocycles. The van der Waals surface area contributed by atoms with E-state index in [2.05, 4.69) is 26.1 Å². The Labute approximate surface area is 252 Å². The maximum atomic E-state index is 12.6. The number of hydrazone groups is 1. The van der Waals surface area contributed by atoms with Crippen LogP contribution in [0.15, 0.2) is 108 Å². The second kappa shape index (κ2) is 13.6. The van der Waals surface area contributed by atoms with Gasteiger partial charge in [-0.05, 0) is 73.2 Å². The van der Waals surface area contributed by atoms with E-state index in [4.69, 9.17) is 16.3 Å². The van der Waals surface area contributed by atoms with Crippen LogP contribution in [-0.2, 0) is 4.79 Å². The Morgan fingerprint density at radius 1 is 0.952 bits per heavy atom. The number of amides is 2. The van der Waals surface area contributed by atoms with Gasteiger partial charge in [-0.3, -0.25) is 9.59 Å². The van der Waals surface area contributed by atoms with E-state index in [1.165, 1.54) is 23.1 Å². The van der Waals surface area contributed by atoms with Gasteiger partial charge in [-0.2, -0.15) is 5.10 Å². The molecule has 0 unspecified atom stereocenters. The molecule has 0 saturated carbocycles. The number of aromatic nitrogens is 1. The summed E-state index contributed by atoms with van der Waals surface area (Å²) in [6.45, 7) is 1.88. The van der Waals surface area contributed by atoms with Crippen molar-refractivity contribution in [3.8, 4) is 17.0 Å². The SMILES string of the molecule is Cc1ccc(Nc2nc(-c3ccc(C(=O)N/N=C/c4cccc(OCC(=O)Nc5ccc(Cl)cc5)c4)cc3)cs2)cc1. The highest BCUT2D eigenvalue weighted by molar-refractivity contribution is 7.14. The minimum Gasteiger partial charge on any atom is -0.484 e. The van der Waals surface area contributed by atoms with Crippen molar-refractivity contribution in [3.05, 3.63) is 124 Å². The Morgan fingerprint density at radius 2 is 1.69 bits per heavy atom. The van der Waals surface area contributed by atoms with E-state index in [9.17, 15) is 9.59 Å². The number of hydrogen-bond donors (Lipinski definition) is 3. The van der Waals surface area contributed by atoms with Crippen LogP contribution in [0.2, 0.25) is 5.02 Å². The number of thiazole rings is 1. The van der Waals surface area contributed by atoms with E-state index in [0.29, 0.717) is 27.6 Å². The van der Waals surface area contributed by atoms with Gasteiger partial charge in [-0.15, -0.1) is 11.3 Å². The first-order valence-electron chi connectivity index (χ1n) is 12.9. The van der Waals surface area contributed by atoms with Gasteiger partial charge in [-0.25, -0.2) is 10.4 Å². The van der Waals surface area contributed by atoms with Crippen molar-refractivity contribution in [1.82, 2.24) is 10.4 Å². The molecular weight excluding hydrogens is 570 g/mol. The van der Waals surface area contributed by atoms with Crippen molar-refractivity contribution in [2.45, 2.75) is 6.92 Å². The summed E-state index contributed by atoms with van der Waals surface area (Å²) in [6.07, 6.45) is 1.50. The molecule has 0 radical (unpaired) electrons. The van der Waals surface area contributed by atoms with E-state index in [1.54, 1.807) is 60.7 Å². The number of benzene rings is 4. The highest BCUT2D eigenvalue weighted by Gasteiger charge is 2.09. The van der Waals surface area contributed by atoms with Crippen molar-refractivity contribution < 1.29 is 14.3 Å². The summed E-state index contributed by atoms with van der Waals surface area (Å²) in [5, 5.41) is 13.5. The average molecular weight is 596 g/mol. The van der Waals surface area contributed by atoms with E-state index in [0.717, 1.165) is 22.1 Å². The highest BCUT2D eigenvalue weighted by atomic mass is 35.5. The van der Waals surface area contributed by atoms with Crippen molar-refractivity contribution in [2.75, 3.05) is 17.2 Å². The van der Waals surface area contributed by atoms with Gasteiger partial charge in [0.2, 0.25) is 0 Å². The molecule has 0 bridgehead atoms. The lowest BCUT2D eigenvalue weighted by Gasteiger charge is -2.08. The standard InChI is InChI=1S/C32H26ClN5O3S/c1-21-5-13-27(14-6-21)36-32-37-29(20-42-32)23-7-9-24(10-8-23)31(40)38-34-18-22-3-2-4-28(17-22)41-19-30(39)35-26-15-11-25(33)12-16-26/h2-18,20H,19H2,1H3,(H,35,39)(H,36,37)(H,38,40)/b34-18+. The van der Waals surface area contributed by atoms with Crippen molar-refractivity contribution in [1.29, 1.82) is 0 Å². The van der Waals surface area contributed by atoms with Gasteiger partial charge in [0.15, 0.2) is 11.7 Å². The molecule has 1 aromatic heterocycles. The largest absolute Gasteiger partial charge is 0.484 e. The maximum Gasteiger partial charge on any atom is 0.271 e. The number of carbonyl (C=O) groups excluding carboxylic acids is 2. The third-order valence-corrected chi connectivity index (χ3v) is 7.00. The van der Waals surface area contributed by atoms with Crippen LogP contribution >= 0.6 is 22.9 Å². The van der Waals surface area contributed by atoms with Crippen LogP contribution in [0.25, 0.3) is 11.3 Å². The molecule has 0 aliphatic carbocycles. The minimum absolute atomic E-state index is 0.165. The van der Waals surface area contributed by atoms with Gasteiger partial charge in [0.05, 0.1) is 11.9 Å². The highest BCUT2D eigenvalue weighted by Crippen LogP contribution is 2.27. The van der Waals surface area contributed by atoms with E-state index >= 15 is 0 Å². The first kappa shape index (κ1) is 28.5. The molecule has 3 N–H and O–H groups in total. The number of nitrogens with one attached hydrogen (secondary N) is 3. The topological polar surface area (TPSA) is 105 Å². The van der Waals surface area contributed by atoms with Gasteiger partial charge < -0.3 is 15.4 Å². The molecule has 42 heavy (non-hydrogen) atoms. The Hall–Kier alpha value is -4.99. The summed E-state index contributed by atoms with van der Waals surface area (Å²) in [7, 11) is 0. The maximum absolute atomic E-state index is 12.6. The Bertz CT molecular complexity index is 1700. The first-order chi connectivity index (χ1) is 20.4. The summed E-state index contributed by atoms with van der Waals surface area (Å²) >= 11 is 7.38. The van der Waals surface area contributed by atoms with Gasteiger partial charge >= 0.3 is 0 Å². The van der Waals surface area contributed by atoms with Crippen LogP contribution < -0.4 is 20.8 Å². The summed E-state index contributed by atoms with van der Waals surface area (Å²) in [6, 6.07) is 29.1. The zero-order valence-corrected chi connectivity index (χ0v) is 24.1. The fourth-order valence-electron chi connectivity index (χ4n) is 3.81. The minimum atomic E-state index is -0.343. The smallest absolute Gasteiger partial charge is 0.271 e. The van der Waals surface area contributed by atoms with Crippen LogP contribution in [0.4, 0.5) is 16.5 Å². The number of anilines is 3. The third kappa shape index (κ3) is 8.03. The lowest BCUT2D eigenvalue weighted by atomic mass is 10.1. The summed E-state index contributed by atoms with van der Waals surface area (Å²) in [5.74, 6) is -0.153. The normalized spacial score (nSPS) is 10.8. The van der Waals surface area contributed by atoms with Crippen LogP contribution in [0.3, 0.4) is 0 Å². The third-order valence-electron chi connectivity index (χ3n) is 5.99. The number of rotatable bonds is 10. The number of hydrogen-bond acceptors (Lipinski definition) is 7. The van der Waals surface area contributed by atoms with Crippen molar-refractivity contribution in [3.63, 3.8) is 0 Å². The monoisotopic (exact) mass is 595 g/mol.